The Kier molecular flexibility index (Phi) is 8.01. The van der Waals surface area contributed by atoms with E-state index in [4.69, 9.17) is 0 Å². The van der Waals surface area contributed by atoms with Gasteiger partial charge in [-0.25, -0.2) is 0 Å². The van der Waals surface area contributed by atoms with Gasteiger partial charge in [0.05, 0.1) is 6.54 Å². The maximum atomic E-state index is 13.8. The number of quaternary nitrogens is 1. The minimum atomic E-state index is -7.49. The molecule has 0 aromatic heterocycles. The van der Waals surface area contributed by atoms with Gasteiger partial charge in [-0.3, -0.25) is 0 Å². The molecule has 1 aromatic carbocycles. The van der Waals surface area contributed by atoms with E-state index in [0.29, 0.717) is 5.56 Å². The van der Waals surface area contributed by atoms with E-state index in [1.165, 1.54) is 30.3 Å². The molecule has 0 amide bonds. The SMILES string of the molecule is [NH3+]CCCC(F)(F)C(F)(F)C(F)(F)C(F)(F)C(F)(F)C(F)(F)CCCc1ccccc1. The van der Waals surface area contributed by atoms with Crippen molar-refractivity contribution in [1.82, 2.24) is 0 Å². The average Bonchev–Trinajstić information content (AvgIpc) is 2.66. The summed E-state index contributed by atoms with van der Waals surface area (Å²) >= 11 is 0. The summed E-state index contributed by atoms with van der Waals surface area (Å²) in [6.07, 6.45) is -6.34. The quantitative estimate of drug-likeness (QED) is 0.366. The number of hydrogen-bond donors (Lipinski definition) is 1. The third kappa shape index (κ3) is 4.90. The van der Waals surface area contributed by atoms with Gasteiger partial charge in [0.15, 0.2) is 0 Å². The van der Waals surface area contributed by atoms with E-state index >= 15 is 0 Å². The van der Waals surface area contributed by atoms with Crippen molar-refractivity contribution in [2.45, 2.75) is 67.6 Å². The zero-order valence-electron chi connectivity index (χ0n) is 15.9. The number of hydrogen-bond acceptors (Lipinski definition) is 0. The van der Waals surface area contributed by atoms with Crippen LogP contribution in [0.25, 0.3) is 0 Å². The van der Waals surface area contributed by atoms with Crippen LogP contribution < -0.4 is 5.73 Å². The predicted octanol–water partition coefficient (Wildman–Crippen LogP) is 5.84. The number of aryl methyl sites for hydroxylation is 1. The minimum absolute atomic E-state index is 0.329. The molecule has 0 heterocycles. The van der Waals surface area contributed by atoms with Crippen molar-refractivity contribution in [3.8, 4) is 0 Å². The molecular weight excluding hydrogens is 458 g/mol. The summed E-state index contributed by atoms with van der Waals surface area (Å²) in [6.45, 7) is -0.483. The van der Waals surface area contributed by atoms with E-state index in [0.717, 1.165) is 0 Å². The van der Waals surface area contributed by atoms with E-state index in [1.54, 1.807) is 0 Å². The van der Waals surface area contributed by atoms with Gasteiger partial charge in [0.2, 0.25) is 0 Å². The van der Waals surface area contributed by atoms with Crippen molar-refractivity contribution in [2.24, 2.45) is 0 Å². The largest absolute Gasteiger partial charge is 0.384 e. The molecule has 0 radical (unpaired) electrons. The number of alkyl halides is 12. The molecule has 0 saturated carbocycles. The fourth-order valence-electron chi connectivity index (χ4n) is 2.67. The smallest absolute Gasteiger partial charge is 0.358 e. The molecule has 31 heavy (non-hydrogen) atoms. The Bertz CT molecular complexity index is 703. The highest BCUT2D eigenvalue weighted by Gasteiger charge is 2.89. The van der Waals surface area contributed by atoms with Crippen LogP contribution >= 0.6 is 0 Å². The fourth-order valence-corrected chi connectivity index (χ4v) is 2.67. The molecule has 1 nitrogen and oxygen atoms in total. The highest BCUT2D eigenvalue weighted by Crippen LogP contribution is 2.61. The summed E-state index contributed by atoms with van der Waals surface area (Å²) in [4.78, 5) is 0. The third-order valence-corrected chi connectivity index (χ3v) is 4.64. The van der Waals surface area contributed by atoms with Gasteiger partial charge in [-0.05, 0) is 18.4 Å². The topological polar surface area (TPSA) is 27.6 Å². The lowest BCUT2D eigenvalue weighted by Gasteiger charge is -2.41. The highest BCUT2D eigenvalue weighted by atomic mass is 19.4. The van der Waals surface area contributed by atoms with Crippen molar-refractivity contribution in [2.75, 3.05) is 6.54 Å². The van der Waals surface area contributed by atoms with Crippen LogP contribution in [0, 0.1) is 0 Å². The van der Waals surface area contributed by atoms with Crippen LogP contribution in [0.1, 0.15) is 31.2 Å². The number of benzene rings is 1. The molecule has 13 heteroatoms. The maximum Gasteiger partial charge on any atom is 0.384 e. The second-order valence-corrected chi connectivity index (χ2v) is 7.00. The Hall–Kier alpha value is -1.66. The summed E-state index contributed by atoms with van der Waals surface area (Å²) in [6, 6.07) is 7.20. The molecule has 0 aliphatic carbocycles. The van der Waals surface area contributed by atoms with Gasteiger partial charge in [-0.2, -0.15) is 52.7 Å². The number of halogens is 12. The van der Waals surface area contributed by atoms with Gasteiger partial charge in [-0.1, -0.05) is 30.3 Å². The van der Waals surface area contributed by atoms with Crippen LogP contribution in [0.15, 0.2) is 30.3 Å². The highest BCUT2D eigenvalue weighted by molar-refractivity contribution is 5.15. The Morgan fingerprint density at radius 3 is 1.32 bits per heavy atom. The van der Waals surface area contributed by atoms with Gasteiger partial charge in [0, 0.05) is 19.3 Å². The van der Waals surface area contributed by atoms with Crippen LogP contribution in [0.3, 0.4) is 0 Å². The molecule has 0 aliphatic heterocycles. The van der Waals surface area contributed by atoms with E-state index in [1.807, 2.05) is 0 Å². The molecule has 1 rings (SSSR count). The van der Waals surface area contributed by atoms with Crippen molar-refractivity contribution in [3.05, 3.63) is 35.9 Å². The van der Waals surface area contributed by atoms with Crippen LogP contribution in [-0.4, -0.2) is 42.1 Å². The van der Waals surface area contributed by atoms with E-state index in [-0.39, 0.29) is 6.42 Å². The van der Waals surface area contributed by atoms with E-state index in [9.17, 15) is 52.7 Å². The normalized spacial score (nSPS) is 14.7. The van der Waals surface area contributed by atoms with Crippen LogP contribution in [-0.2, 0) is 6.42 Å². The zero-order chi connectivity index (χ0) is 24.4. The summed E-state index contributed by atoms with van der Waals surface area (Å²) in [7, 11) is 0. The first-order valence-corrected chi connectivity index (χ1v) is 8.99. The fraction of sp³-hybridized carbons (Fsp3) is 0.667. The second kappa shape index (κ2) is 9.07. The lowest BCUT2D eigenvalue weighted by molar-refractivity contribution is -0.427. The molecular formula is C18H20F12N+. The summed E-state index contributed by atoms with van der Waals surface area (Å²) in [5, 5.41) is 0. The molecule has 0 bridgehead atoms. The first kappa shape index (κ1) is 27.4. The lowest BCUT2D eigenvalue weighted by atomic mass is 9.88. The van der Waals surface area contributed by atoms with Crippen LogP contribution in [0.5, 0.6) is 0 Å². The summed E-state index contributed by atoms with van der Waals surface area (Å²) < 4.78 is 164. The summed E-state index contributed by atoms with van der Waals surface area (Å²) in [5.41, 5.74) is 3.30. The monoisotopic (exact) mass is 478 g/mol. The Morgan fingerprint density at radius 2 is 0.935 bits per heavy atom. The summed E-state index contributed by atoms with van der Waals surface area (Å²) in [5.74, 6) is -40.8. The molecule has 180 valence electrons. The van der Waals surface area contributed by atoms with Gasteiger partial charge >= 0.3 is 35.5 Å². The standard InChI is InChI=1S/C18H19F12N/c19-13(20,9-4-8-12-6-2-1-3-7-12)15(23,24)17(27,28)18(29,30)16(25,26)14(21,22)10-5-11-31/h1-3,6-7H,4-5,8-11,31H2/p+1. The number of rotatable bonds is 12. The molecule has 3 N–H and O–H groups in total. The Balaban J connectivity index is 3.15. The van der Waals surface area contributed by atoms with Gasteiger partial charge in [0.1, 0.15) is 0 Å². The van der Waals surface area contributed by atoms with E-state index < -0.39 is 67.8 Å². The molecule has 0 spiro atoms. The Morgan fingerprint density at radius 1 is 0.548 bits per heavy atom. The van der Waals surface area contributed by atoms with E-state index in [2.05, 4.69) is 5.73 Å². The van der Waals surface area contributed by atoms with Crippen molar-refractivity contribution in [1.29, 1.82) is 0 Å². The van der Waals surface area contributed by atoms with Crippen molar-refractivity contribution in [3.63, 3.8) is 0 Å². The molecule has 0 atom stereocenters. The van der Waals surface area contributed by atoms with Crippen LogP contribution in [0.4, 0.5) is 52.7 Å². The van der Waals surface area contributed by atoms with Crippen LogP contribution in [0.2, 0.25) is 0 Å². The molecule has 0 aliphatic rings. The minimum Gasteiger partial charge on any atom is -0.358 e. The Labute approximate surface area is 169 Å². The van der Waals surface area contributed by atoms with Crippen molar-refractivity contribution >= 4 is 0 Å². The molecule has 1 aromatic rings. The third-order valence-electron chi connectivity index (χ3n) is 4.64. The average molecular weight is 478 g/mol. The zero-order valence-corrected chi connectivity index (χ0v) is 15.9. The first-order valence-electron chi connectivity index (χ1n) is 8.99. The van der Waals surface area contributed by atoms with Gasteiger partial charge < -0.3 is 5.73 Å². The lowest BCUT2D eigenvalue weighted by Crippen LogP contribution is -2.70. The molecule has 0 fully saturated rings. The van der Waals surface area contributed by atoms with Gasteiger partial charge in [0.25, 0.3) is 0 Å². The molecule has 0 unspecified atom stereocenters. The maximum absolute atomic E-state index is 13.8. The van der Waals surface area contributed by atoms with Crippen molar-refractivity contribution < 1.29 is 58.4 Å². The van der Waals surface area contributed by atoms with Gasteiger partial charge in [-0.15, -0.1) is 0 Å². The second-order valence-electron chi connectivity index (χ2n) is 7.00. The molecule has 0 saturated heterocycles. The predicted molar refractivity (Wildman–Crippen MR) is 86.1 cm³/mol. The first-order chi connectivity index (χ1) is 13.9.